The SMILES string of the molecule is CC[C@@H]1CNC[C@@H]1C(=O)CN(C(=O)OC(C)(C)C)c1cnc2[nH]ccc2n1. The van der Waals surface area contributed by atoms with Gasteiger partial charge in [-0.25, -0.2) is 14.8 Å². The van der Waals surface area contributed by atoms with E-state index < -0.39 is 11.7 Å². The Bertz CT molecular complexity index is 826. The van der Waals surface area contributed by atoms with E-state index in [1.54, 1.807) is 33.0 Å². The fourth-order valence-electron chi connectivity index (χ4n) is 3.32. The Morgan fingerprint density at radius 2 is 2.11 bits per heavy atom. The number of hydrogen-bond donors (Lipinski definition) is 2. The van der Waals surface area contributed by atoms with E-state index >= 15 is 0 Å². The zero-order valence-corrected chi connectivity index (χ0v) is 16.3. The number of H-pyrrole nitrogens is 1. The largest absolute Gasteiger partial charge is 0.443 e. The van der Waals surface area contributed by atoms with Gasteiger partial charge >= 0.3 is 6.09 Å². The molecule has 0 unspecified atom stereocenters. The number of amides is 1. The van der Waals surface area contributed by atoms with Gasteiger partial charge in [0.15, 0.2) is 17.2 Å². The number of Topliss-reactive ketones (excluding diaryl/α,β-unsaturated/α-hetero) is 1. The minimum Gasteiger partial charge on any atom is -0.443 e. The topological polar surface area (TPSA) is 100 Å². The van der Waals surface area contributed by atoms with Crippen molar-refractivity contribution in [1.29, 1.82) is 0 Å². The molecule has 8 heteroatoms. The second-order valence-corrected chi connectivity index (χ2v) is 7.91. The summed E-state index contributed by atoms with van der Waals surface area (Å²) in [6.07, 6.45) is 3.54. The van der Waals surface area contributed by atoms with E-state index in [9.17, 15) is 9.59 Å². The summed E-state index contributed by atoms with van der Waals surface area (Å²) in [5, 5.41) is 3.27. The minimum absolute atomic E-state index is 0.00803. The summed E-state index contributed by atoms with van der Waals surface area (Å²) in [6, 6.07) is 1.77. The number of nitrogens with one attached hydrogen (secondary N) is 2. The number of anilines is 1. The lowest BCUT2D eigenvalue weighted by molar-refractivity contribution is -0.122. The van der Waals surface area contributed by atoms with E-state index in [1.165, 1.54) is 11.1 Å². The maximum absolute atomic E-state index is 12.9. The second-order valence-electron chi connectivity index (χ2n) is 7.91. The van der Waals surface area contributed by atoms with Gasteiger partial charge in [0, 0.05) is 18.7 Å². The fraction of sp³-hybridized carbons (Fsp3) is 0.579. The van der Waals surface area contributed by atoms with Crippen molar-refractivity contribution >= 4 is 28.9 Å². The molecule has 8 nitrogen and oxygen atoms in total. The predicted molar refractivity (Wildman–Crippen MR) is 103 cm³/mol. The van der Waals surface area contributed by atoms with Crippen LogP contribution >= 0.6 is 0 Å². The van der Waals surface area contributed by atoms with Gasteiger partial charge in [0.25, 0.3) is 0 Å². The van der Waals surface area contributed by atoms with Crippen LogP contribution in [0.25, 0.3) is 11.2 Å². The zero-order valence-electron chi connectivity index (χ0n) is 16.3. The number of ether oxygens (including phenoxy) is 1. The Balaban J connectivity index is 1.87. The monoisotopic (exact) mass is 373 g/mol. The third-order valence-electron chi connectivity index (χ3n) is 4.73. The van der Waals surface area contributed by atoms with Gasteiger partial charge in [0.05, 0.1) is 12.7 Å². The quantitative estimate of drug-likeness (QED) is 0.835. The van der Waals surface area contributed by atoms with E-state index in [0.717, 1.165) is 13.0 Å². The molecule has 146 valence electrons. The molecule has 2 atom stereocenters. The first-order valence-corrected chi connectivity index (χ1v) is 9.32. The predicted octanol–water partition coefficient (Wildman–Crippen LogP) is 2.51. The van der Waals surface area contributed by atoms with Gasteiger partial charge in [0.1, 0.15) is 11.1 Å². The highest BCUT2D eigenvalue weighted by Crippen LogP contribution is 2.23. The van der Waals surface area contributed by atoms with Crippen LogP contribution in [0.15, 0.2) is 18.5 Å². The molecule has 0 spiro atoms. The van der Waals surface area contributed by atoms with Crippen molar-refractivity contribution in [2.24, 2.45) is 11.8 Å². The average Bonchev–Trinajstić information content (AvgIpc) is 3.25. The van der Waals surface area contributed by atoms with Crippen LogP contribution in [0.4, 0.5) is 10.6 Å². The van der Waals surface area contributed by atoms with E-state index in [4.69, 9.17) is 4.74 Å². The molecule has 2 aromatic heterocycles. The molecular formula is C19H27N5O3. The number of carbonyl (C=O) groups is 2. The molecular weight excluding hydrogens is 346 g/mol. The molecule has 1 saturated heterocycles. The molecule has 3 heterocycles. The van der Waals surface area contributed by atoms with Gasteiger partial charge < -0.3 is 15.0 Å². The van der Waals surface area contributed by atoms with Gasteiger partial charge in [-0.2, -0.15) is 0 Å². The third-order valence-corrected chi connectivity index (χ3v) is 4.73. The van der Waals surface area contributed by atoms with Crippen LogP contribution in [0, 0.1) is 11.8 Å². The molecule has 2 aromatic rings. The summed E-state index contributed by atoms with van der Waals surface area (Å²) in [5.41, 5.74) is 0.577. The Morgan fingerprint density at radius 3 is 2.81 bits per heavy atom. The van der Waals surface area contributed by atoms with Crippen molar-refractivity contribution in [3.8, 4) is 0 Å². The lowest BCUT2D eigenvalue weighted by Crippen LogP contribution is -2.43. The molecule has 0 aliphatic carbocycles. The zero-order chi connectivity index (χ0) is 19.6. The fourth-order valence-corrected chi connectivity index (χ4v) is 3.32. The molecule has 1 aliphatic rings. The van der Waals surface area contributed by atoms with Gasteiger partial charge in [-0.1, -0.05) is 13.3 Å². The summed E-state index contributed by atoms with van der Waals surface area (Å²) in [5.74, 6) is 0.498. The van der Waals surface area contributed by atoms with Gasteiger partial charge in [-0.3, -0.25) is 9.69 Å². The first kappa shape index (κ1) is 19.3. The summed E-state index contributed by atoms with van der Waals surface area (Å²) >= 11 is 0. The summed E-state index contributed by atoms with van der Waals surface area (Å²) in [7, 11) is 0. The number of hydrogen-bond acceptors (Lipinski definition) is 6. The van der Waals surface area contributed by atoms with E-state index in [-0.39, 0.29) is 24.2 Å². The molecule has 3 rings (SSSR count). The molecule has 1 aliphatic heterocycles. The number of aromatic nitrogens is 3. The van der Waals surface area contributed by atoms with Crippen molar-refractivity contribution < 1.29 is 14.3 Å². The lowest BCUT2D eigenvalue weighted by atomic mass is 9.90. The van der Waals surface area contributed by atoms with Crippen LogP contribution in [0.2, 0.25) is 0 Å². The smallest absolute Gasteiger partial charge is 0.416 e. The van der Waals surface area contributed by atoms with Crippen LogP contribution in [0.1, 0.15) is 34.1 Å². The van der Waals surface area contributed by atoms with E-state index in [0.29, 0.717) is 23.5 Å². The normalized spacial score (nSPS) is 20.0. The summed E-state index contributed by atoms with van der Waals surface area (Å²) in [6.45, 7) is 8.84. The second kappa shape index (κ2) is 7.64. The van der Waals surface area contributed by atoms with Crippen molar-refractivity contribution in [3.63, 3.8) is 0 Å². The van der Waals surface area contributed by atoms with E-state index in [2.05, 4.69) is 27.2 Å². The Labute approximate surface area is 158 Å². The maximum atomic E-state index is 12.9. The average molecular weight is 373 g/mol. The number of nitrogens with zero attached hydrogens (tertiary/aromatic N) is 3. The molecule has 0 bridgehead atoms. The maximum Gasteiger partial charge on any atom is 0.416 e. The highest BCUT2D eigenvalue weighted by molar-refractivity contribution is 5.96. The number of carbonyl (C=O) groups excluding carboxylic acids is 2. The van der Waals surface area contributed by atoms with Gasteiger partial charge in [-0.15, -0.1) is 0 Å². The van der Waals surface area contributed by atoms with Crippen molar-refractivity contribution in [1.82, 2.24) is 20.3 Å². The van der Waals surface area contributed by atoms with Crippen LogP contribution < -0.4 is 10.2 Å². The number of aromatic amines is 1. The Kier molecular flexibility index (Phi) is 5.46. The number of rotatable bonds is 5. The molecule has 27 heavy (non-hydrogen) atoms. The molecule has 2 N–H and O–H groups in total. The standard InChI is InChI=1S/C19H27N5O3/c1-5-12-8-20-9-13(12)15(25)11-24(18(26)27-19(2,3)4)16-10-22-17-14(23-16)6-7-21-17/h6-7,10,12-13,20H,5,8-9,11H2,1-4H3,(H,21,22)/t12-,13+/m1/s1. The Morgan fingerprint density at radius 1 is 1.33 bits per heavy atom. The number of ketones is 1. The Hall–Kier alpha value is -2.48. The van der Waals surface area contributed by atoms with Gasteiger partial charge in [0.2, 0.25) is 0 Å². The first-order valence-electron chi connectivity index (χ1n) is 9.32. The molecule has 1 fully saturated rings. The number of fused-ring (bicyclic) bond motifs is 1. The third kappa shape index (κ3) is 4.44. The van der Waals surface area contributed by atoms with Crippen LogP contribution in [-0.4, -0.2) is 52.1 Å². The van der Waals surface area contributed by atoms with Crippen molar-refractivity contribution in [2.75, 3.05) is 24.5 Å². The lowest BCUT2D eigenvalue weighted by Gasteiger charge is -2.27. The van der Waals surface area contributed by atoms with Crippen molar-refractivity contribution in [3.05, 3.63) is 18.5 Å². The highest BCUT2D eigenvalue weighted by Gasteiger charge is 2.35. The van der Waals surface area contributed by atoms with E-state index in [1.807, 2.05) is 0 Å². The molecule has 0 saturated carbocycles. The van der Waals surface area contributed by atoms with Crippen LogP contribution in [0.3, 0.4) is 0 Å². The summed E-state index contributed by atoms with van der Waals surface area (Å²) < 4.78 is 5.51. The van der Waals surface area contributed by atoms with Crippen molar-refractivity contribution in [2.45, 2.75) is 39.7 Å². The molecule has 0 aromatic carbocycles. The van der Waals surface area contributed by atoms with Crippen LogP contribution in [-0.2, 0) is 9.53 Å². The van der Waals surface area contributed by atoms with Crippen LogP contribution in [0.5, 0.6) is 0 Å². The highest BCUT2D eigenvalue weighted by atomic mass is 16.6. The summed E-state index contributed by atoms with van der Waals surface area (Å²) in [4.78, 5) is 38.7. The first-order chi connectivity index (χ1) is 12.8. The molecule has 0 radical (unpaired) electrons. The minimum atomic E-state index is -0.676. The van der Waals surface area contributed by atoms with Gasteiger partial charge in [-0.05, 0) is 39.3 Å². The molecule has 1 amide bonds.